The third-order valence-electron chi connectivity index (χ3n) is 4.99. The molecule has 0 fully saturated rings. The standard InChI is InChI=1S/2C12H24O2.4CH3.H2O.2Sn/c2*1-2-3-4-5-6-7-8-9-10-11-12(13)14;;;;;;;/h2*2-11H2,1H3,(H,13,14);4*1H3;1H2;;. The maximum atomic E-state index is 10.2. The molecule has 0 aliphatic rings. The van der Waals surface area contributed by atoms with Crippen molar-refractivity contribution >= 4 is 54.2 Å². The quantitative estimate of drug-likeness (QED) is 0.0972. The van der Waals surface area contributed by atoms with E-state index in [1.807, 2.05) is 0 Å². The van der Waals surface area contributed by atoms with Crippen LogP contribution in [0.2, 0.25) is 19.8 Å². The van der Waals surface area contributed by atoms with Gasteiger partial charge in [-0.05, 0) is 12.8 Å². The van der Waals surface area contributed by atoms with Crippen LogP contribution < -0.4 is 0 Å². The van der Waals surface area contributed by atoms with E-state index < -0.39 is 11.9 Å². The van der Waals surface area contributed by atoms with Crippen LogP contribution in [0.25, 0.3) is 0 Å². The van der Waals surface area contributed by atoms with Gasteiger partial charge < -0.3 is 15.7 Å². The van der Waals surface area contributed by atoms with Gasteiger partial charge in [0.25, 0.3) is 0 Å². The number of rotatable bonds is 20. The van der Waals surface area contributed by atoms with E-state index in [0.717, 1.165) is 25.7 Å². The Labute approximate surface area is 240 Å². The fraction of sp³-hybridized carbons (Fsp3) is 0.929. The molecule has 0 aliphatic heterocycles. The SMILES string of the molecule is CCCCCCCCCCCC(=O)O.CCCCCCCCCCCC(=O)O.O.[CH3][Sn][CH3].[CH3][Sn][CH3]. The van der Waals surface area contributed by atoms with Gasteiger partial charge in [0.2, 0.25) is 0 Å². The number of hydrogen-bond acceptors (Lipinski definition) is 2. The molecule has 0 aromatic heterocycles. The second kappa shape index (κ2) is 47.7. The Morgan fingerprint density at radius 3 is 0.800 bits per heavy atom. The average Bonchev–Trinajstić information content (AvgIpc) is 2.78. The molecule has 0 aromatic rings. The molecule has 0 aromatic carbocycles. The van der Waals surface area contributed by atoms with Crippen molar-refractivity contribution in [1.29, 1.82) is 0 Å². The second-order valence-electron chi connectivity index (χ2n) is 8.94. The minimum atomic E-state index is -0.659. The molecule has 0 amide bonds. The van der Waals surface area contributed by atoms with Crippen molar-refractivity contribution in [3.63, 3.8) is 0 Å². The minimum absolute atomic E-state index is 0. The predicted molar refractivity (Wildman–Crippen MR) is 158 cm³/mol. The normalized spacial score (nSPS) is 9.31. The molecular weight excluding hydrogens is 654 g/mol. The summed E-state index contributed by atoms with van der Waals surface area (Å²) < 4.78 is 0. The summed E-state index contributed by atoms with van der Waals surface area (Å²) in [4.78, 5) is 29.6. The Kier molecular flexibility index (Phi) is 61.9. The average molecular weight is 716 g/mol. The first kappa shape index (κ1) is 45.4. The summed E-state index contributed by atoms with van der Waals surface area (Å²) in [5, 5.41) is 16.8. The van der Waals surface area contributed by atoms with E-state index in [0.29, 0.717) is 12.8 Å². The first-order chi connectivity index (χ1) is 16.4. The maximum absolute atomic E-state index is 10.2. The molecule has 0 spiro atoms. The first-order valence-electron chi connectivity index (χ1n) is 14.0. The van der Waals surface area contributed by atoms with E-state index in [1.54, 1.807) is 0 Å². The van der Waals surface area contributed by atoms with Crippen molar-refractivity contribution in [3.05, 3.63) is 0 Å². The third kappa shape index (κ3) is 72.0. The molecule has 0 bridgehead atoms. The van der Waals surface area contributed by atoms with Gasteiger partial charge in [0.05, 0.1) is 0 Å². The molecule has 0 unspecified atom stereocenters. The monoisotopic (exact) mass is 718 g/mol. The van der Waals surface area contributed by atoms with Gasteiger partial charge in [0.15, 0.2) is 0 Å². The van der Waals surface area contributed by atoms with Crippen LogP contribution >= 0.6 is 0 Å². The van der Waals surface area contributed by atoms with Crippen LogP contribution in [0.4, 0.5) is 0 Å². The molecule has 0 saturated carbocycles. The molecule has 0 rings (SSSR count). The Bertz CT molecular complexity index is 335. The van der Waals surface area contributed by atoms with E-state index in [9.17, 15) is 9.59 Å². The number of hydrogen-bond donors (Lipinski definition) is 2. The molecule has 4 N–H and O–H groups in total. The summed E-state index contributed by atoms with van der Waals surface area (Å²) in [6.07, 6.45) is 23.0. The Morgan fingerprint density at radius 1 is 0.457 bits per heavy atom. The molecule has 0 aliphatic carbocycles. The Hall–Kier alpha value is 0.497. The van der Waals surface area contributed by atoms with Crippen molar-refractivity contribution in [3.8, 4) is 0 Å². The van der Waals surface area contributed by atoms with Crippen LogP contribution in [0.1, 0.15) is 142 Å². The first-order valence-corrected chi connectivity index (χ1v) is 25.4. The molecule has 0 heterocycles. The molecule has 0 saturated heterocycles. The van der Waals surface area contributed by atoms with Crippen LogP contribution in [0.5, 0.6) is 0 Å². The van der Waals surface area contributed by atoms with Gasteiger partial charge in [-0.1, -0.05) is 117 Å². The van der Waals surface area contributed by atoms with E-state index in [-0.39, 0.29) is 47.8 Å². The number of carboxylic acids is 2. The van der Waals surface area contributed by atoms with E-state index >= 15 is 0 Å². The fourth-order valence-corrected chi connectivity index (χ4v) is 3.17. The van der Waals surface area contributed by atoms with Gasteiger partial charge in [-0.2, -0.15) is 0 Å². The van der Waals surface area contributed by atoms with Gasteiger partial charge in [-0.15, -0.1) is 0 Å². The zero-order valence-electron chi connectivity index (χ0n) is 24.4. The van der Waals surface area contributed by atoms with E-state index in [2.05, 4.69) is 33.6 Å². The Balaban J connectivity index is -0.000000136. The van der Waals surface area contributed by atoms with Gasteiger partial charge in [0.1, 0.15) is 0 Å². The van der Waals surface area contributed by atoms with Crippen LogP contribution in [0, 0.1) is 0 Å². The summed E-state index contributed by atoms with van der Waals surface area (Å²) >= 11 is 0.460. The molecule has 7 heteroatoms. The summed E-state index contributed by atoms with van der Waals surface area (Å²) in [6, 6.07) is 0. The fourth-order valence-electron chi connectivity index (χ4n) is 3.17. The van der Waals surface area contributed by atoms with Gasteiger partial charge in [-0.3, -0.25) is 9.59 Å². The van der Waals surface area contributed by atoms with Crippen molar-refractivity contribution in [2.75, 3.05) is 0 Å². The molecule has 0 atom stereocenters. The predicted octanol–water partition coefficient (Wildman–Crippen LogP) is 8.73. The molecule has 35 heavy (non-hydrogen) atoms. The molecule has 212 valence electrons. The van der Waals surface area contributed by atoms with Crippen LogP contribution in [0.3, 0.4) is 0 Å². The zero-order valence-corrected chi connectivity index (χ0v) is 30.1. The number of unbranched alkanes of at least 4 members (excludes halogenated alkanes) is 16. The molecule has 4 radical (unpaired) electrons. The van der Waals surface area contributed by atoms with Gasteiger partial charge in [-0.25, -0.2) is 0 Å². The molecule has 5 nitrogen and oxygen atoms in total. The summed E-state index contributed by atoms with van der Waals surface area (Å²) in [5.41, 5.74) is 0. The zero-order chi connectivity index (χ0) is 26.7. The van der Waals surface area contributed by atoms with Crippen molar-refractivity contribution in [1.82, 2.24) is 0 Å². The number of carbonyl (C=O) groups is 2. The van der Waals surface area contributed by atoms with Crippen molar-refractivity contribution < 1.29 is 25.3 Å². The topological polar surface area (TPSA) is 106 Å². The van der Waals surface area contributed by atoms with Crippen LogP contribution in [-0.2, 0) is 9.59 Å². The van der Waals surface area contributed by atoms with Crippen molar-refractivity contribution in [2.24, 2.45) is 0 Å². The third-order valence-corrected chi connectivity index (χ3v) is 4.99. The van der Waals surface area contributed by atoms with Crippen LogP contribution in [0.15, 0.2) is 0 Å². The second-order valence-corrected chi connectivity index (χ2v) is 14.7. The number of carboxylic acid groups (broad SMARTS) is 2. The number of aliphatic carboxylic acids is 2. The van der Waals surface area contributed by atoms with Gasteiger partial charge in [0, 0.05) is 12.8 Å². The summed E-state index contributed by atoms with van der Waals surface area (Å²) in [5.74, 6) is -1.32. The Morgan fingerprint density at radius 2 is 0.629 bits per heavy atom. The van der Waals surface area contributed by atoms with Crippen molar-refractivity contribution in [2.45, 2.75) is 162 Å². The summed E-state index contributed by atoms with van der Waals surface area (Å²) in [6.45, 7) is 4.46. The summed E-state index contributed by atoms with van der Waals surface area (Å²) in [7, 11) is 0. The van der Waals surface area contributed by atoms with Gasteiger partial charge >= 0.3 is 74.0 Å². The van der Waals surface area contributed by atoms with E-state index in [4.69, 9.17) is 10.2 Å². The molecular formula is C28H62O5Sn2. The van der Waals surface area contributed by atoms with E-state index in [1.165, 1.54) is 89.9 Å². The van der Waals surface area contributed by atoms with Crippen LogP contribution in [-0.4, -0.2) is 69.9 Å².